The van der Waals surface area contributed by atoms with Gasteiger partial charge in [0.15, 0.2) is 0 Å². The molecule has 1 atom stereocenters. The predicted molar refractivity (Wildman–Crippen MR) is 109 cm³/mol. The minimum absolute atomic E-state index is 0.0546. The second kappa shape index (κ2) is 9.49. The molecule has 0 fully saturated rings. The number of benzene rings is 2. The zero-order chi connectivity index (χ0) is 20.7. The van der Waals surface area contributed by atoms with E-state index in [0.29, 0.717) is 12.0 Å². The highest BCUT2D eigenvalue weighted by atomic mass is 19.1. The van der Waals surface area contributed by atoms with Gasteiger partial charge in [0.1, 0.15) is 11.9 Å². The van der Waals surface area contributed by atoms with Crippen LogP contribution in [0.1, 0.15) is 45.2 Å². The summed E-state index contributed by atoms with van der Waals surface area (Å²) in [7, 11) is 0. The number of halogens is 1. The van der Waals surface area contributed by atoms with Crippen LogP contribution in [-0.4, -0.2) is 28.3 Å². The smallest absolute Gasteiger partial charge is 0.242 e. The van der Waals surface area contributed by atoms with Gasteiger partial charge in [-0.25, -0.2) is 4.39 Å². The summed E-state index contributed by atoms with van der Waals surface area (Å²) in [6, 6.07) is 15.3. The molecule has 150 valence electrons. The van der Waals surface area contributed by atoms with Crippen LogP contribution in [0.5, 0.6) is 0 Å². The number of aryl methyl sites for hydroxylation is 1. The van der Waals surface area contributed by atoms with Crippen molar-refractivity contribution in [1.29, 1.82) is 0 Å². The van der Waals surface area contributed by atoms with Crippen LogP contribution in [0, 0.1) is 5.82 Å². The molecule has 0 radical (unpaired) electrons. The quantitative estimate of drug-likeness (QED) is 0.782. The molecule has 0 heterocycles. The Labute approximate surface area is 166 Å². The first-order valence-corrected chi connectivity index (χ1v) is 9.56. The Bertz CT molecular complexity index is 800. The Kier molecular flexibility index (Phi) is 7.32. The van der Waals surface area contributed by atoms with Crippen molar-refractivity contribution >= 4 is 11.8 Å². The van der Waals surface area contributed by atoms with Gasteiger partial charge in [-0.3, -0.25) is 9.59 Å². The lowest BCUT2D eigenvalue weighted by atomic mass is 10.1. The van der Waals surface area contributed by atoms with Crippen LogP contribution in [0.15, 0.2) is 54.6 Å². The SMILES string of the molecule is CC(C(=O)NC(C)(C)C)N(Cc1ccccc1F)C(=O)CCc1ccccc1. The second-order valence-corrected chi connectivity index (χ2v) is 8.01. The van der Waals surface area contributed by atoms with Crippen molar-refractivity contribution in [2.24, 2.45) is 0 Å². The van der Waals surface area contributed by atoms with Crippen LogP contribution < -0.4 is 5.32 Å². The average Bonchev–Trinajstić information content (AvgIpc) is 2.64. The van der Waals surface area contributed by atoms with E-state index in [0.717, 1.165) is 5.56 Å². The standard InChI is InChI=1S/C23H29FN2O2/c1-17(22(28)25-23(2,3)4)26(16-19-12-8-9-13-20(19)24)21(27)15-14-18-10-6-5-7-11-18/h5-13,17H,14-16H2,1-4H3,(H,25,28). The number of hydrogen-bond donors (Lipinski definition) is 1. The van der Waals surface area contributed by atoms with Crippen molar-refractivity contribution in [3.63, 3.8) is 0 Å². The van der Waals surface area contributed by atoms with E-state index in [1.54, 1.807) is 25.1 Å². The van der Waals surface area contributed by atoms with E-state index in [9.17, 15) is 14.0 Å². The van der Waals surface area contributed by atoms with Gasteiger partial charge in [-0.15, -0.1) is 0 Å². The Hall–Kier alpha value is -2.69. The third-order valence-electron chi connectivity index (χ3n) is 4.43. The highest BCUT2D eigenvalue weighted by Gasteiger charge is 2.28. The molecule has 2 aromatic rings. The molecule has 28 heavy (non-hydrogen) atoms. The first kappa shape index (κ1) is 21.6. The second-order valence-electron chi connectivity index (χ2n) is 8.01. The Morgan fingerprint density at radius 2 is 1.64 bits per heavy atom. The van der Waals surface area contributed by atoms with E-state index in [1.807, 2.05) is 51.1 Å². The van der Waals surface area contributed by atoms with E-state index < -0.39 is 11.6 Å². The average molecular weight is 384 g/mol. The first-order chi connectivity index (χ1) is 13.2. The minimum atomic E-state index is -0.706. The Morgan fingerprint density at radius 3 is 2.25 bits per heavy atom. The molecule has 2 amide bonds. The maximum absolute atomic E-state index is 14.2. The van der Waals surface area contributed by atoms with Crippen LogP contribution in [-0.2, 0) is 22.6 Å². The number of hydrogen-bond acceptors (Lipinski definition) is 2. The normalized spacial score (nSPS) is 12.3. The monoisotopic (exact) mass is 384 g/mol. The summed E-state index contributed by atoms with van der Waals surface area (Å²) < 4.78 is 14.2. The molecule has 2 aromatic carbocycles. The van der Waals surface area contributed by atoms with Crippen LogP contribution in [0.4, 0.5) is 4.39 Å². The molecule has 1 N–H and O–H groups in total. The maximum atomic E-state index is 14.2. The lowest BCUT2D eigenvalue weighted by Gasteiger charge is -2.31. The van der Waals surface area contributed by atoms with Gasteiger partial charge in [0.25, 0.3) is 0 Å². The largest absolute Gasteiger partial charge is 0.350 e. The number of rotatable bonds is 7. The molecule has 0 aromatic heterocycles. The zero-order valence-electron chi connectivity index (χ0n) is 17.0. The summed E-state index contributed by atoms with van der Waals surface area (Å²) in [5, 5.41) is 2.90. The topological polar surface area (TPSA) is 49.4 Å². The Balaban J connectivity index is 2.18. The molecule has 0 saturated heterocycles. The fraction of sp³-hybridized carbons (Fsp3) is 0.391. The number of nitrogens with zero attached hydrogens (tertiary/aromatic N) is 1. The number of nitrogens with one attached hydrogen (secondary N) is 1. The van der Waals surface area contributed by atoms with E-state index in [1.165, 1.54) is 11.0 Å². The Morgan fingerprint density at radius 1 is 1.04 bits per heavy atom. The molecule has 0 bridgehead atoms. The van der Waals surface area contributed by atoms with E-state index >= 15 is 0 Å². The summed E-state index contributed by atoms with van der Waals surface area (Å²) in [6.07, 6.45) is 0.826. The van der Waals surface area contributed by atoms with E-state index in [-0.39, 0.29) is 30.6 Å². The molecule has 0 spiro atoms. The first-order valence-electron chi connectivity index (χ1n) is 9.56. The molecule has 2 rings (SSSR count). The van der Waals surface area contributed by atoms with Crippen LogP contribution in [0.2, 0.25) is 0 Å². The number of carbonyl (C=O) groups excluding carboxylic acids is 2. The minimum Gasteiger partial charge on any atom is -0.350 e. The van der Waals surface area contributed by atoms with Crippen molar-refractivity contribution in [3.8, 4) is 0 Å². The van der Waals surface area contributed by atoms with E-state index in [4.69, 9.17) is 0 Å². The van der Waals surface area contributed by atoms with Gasteiger partial charge in [-0.05, 0) is 45.7 Å². The summed E-state index contributed by atoms with van der Waals surface area (Å²) in [6.45, 7) is 7.39. The molecule has 1 unspecified atom stereocenters. The molecule has 0 aliphatic heterocycles. The highest BCUT2D eigenvalue weighted by molar-refractivity contribution is 5.87. The lowest BCUT2D eigenvalue weighted by molar-refractivity contribution is -0.141. The molecule has 4 nitrogen and oxygen atoms in total. The van der Waals surface area contributed by atoms with Crippen molar-refractivity contribution in [3.05, 3.63) is 71.5 Å². The predicted octanol–water partition coefficient (Wildman–Crippen LogP) is 4.09. The molecule has 0 aliphatic carbocycles. The van der Waals surface area contributed by atoms with Gasteiger partial charge >= 0.3 is 0 Å². The van der Waals surface area contributed by atoms with Gasteiger partial charge in [0, 0.05) is 24.1 Å². The highest BCUT2D eigenvalue weighted by Crippen LogP contribution is 2.16. The van der Waals surface area contributed by atoms with Crippen LogP contribution in [0.25, 0.3) is 0 Å². The third kappa shape index (κ3) is 6.48. The lowest BCUT2D eigenvalue weighted by Crippen LogP contribution is -2.52. The molecule has 5 heteroatoms. The van der Waals surface area contributed by atoms with Crippen molar-refractivity contribution in [2.45, 2.75) is 58.7 Å². The summed E-state index contributed by atoms with van der Waals surface area (Å²) >= 11 is 0. The molecule has 0 aliphatic rings. The molecule has 0 saturated carbocycles. The van der Waals surface area contributed by atoms with Gasteiger partial charge in [0.2, 0.25) is 11.8 Å². The molecular formula is C23H29FN2O2. The van der Waals surface area contributed by atoms with Crippen molar-refractivity contribution in [2.75, 3.05) is 0 Å². The summed E-state index contributed by atoms with van der Waals surface area (Å²) in [5.41, 5.74) is 1.03. The van der Waals surface area contributed by atoms with Gasteiger partial charge in [0.05, 0.1) is 0 Å². The maximum Gasteiger partial charge on any atom is 0.242 e. The fourth-order valence-electron chi connectivity index (χ4n) is 2.91. The van der Waals surface area contributed by atoms with Gasteiger partial charge in [-0.1, -0.05) is 48.5 Å². The van der Waals surface area contributed by atoms with Gasteiger partial charge in [-0.2, -0.15) is 0 Å². The van der Waals surface area contributed by atoms with E-state index in [2.05, 4.69) is 5.32 Å². The summed E-state index contributed by atoms with van der Waals surface area (Å²) in [4.78, 5) is 27.1. The van der Waals surface area contributed by atoms with Crippen LogP contribution >= 0.6 is 0 Å². The fourth-order valence-corrected chi connectivity index (χ4v) is 2.91. The van der Waals surface area contributed by atoms with Gasteiger partial charge < -0.3 is 10.2 Å². The number of amides is 2. The van der Waals surface area contributed by atoms with Crippen LogP contribution in [0.3, 0.4) is 0 Å². The van der Waals surface area contributed by atoms with Crippen molar-refractivity contribution in [1.82, 2.24) is 10.2 Å². The molecular weight excluding hydrogens is 355 g/mol. The number of carbonyl (C=O) groups is 2. The third-order valence-corrected chi connectivity index (χ3v) is 4.43. The zero-order valence-corrected chi connectivity index (χ0v) is 17.0. The summed E-state index contributed by atoms with van der Waals surface area (Å²) in [5.74, 6) is -0.813. The van der Waals surface area contributed by atoms with Crippen molar-refractivity contribution < 1.29 is 14.0 Å².